The summed E-state index contributed by atoms with van der Waals surface area (Å²) in [5, 5.41) is 2.81. The van der Waals surface area contributed by atoms with Crippen LogP contribution in [0.2, 0.25) is 0 Å². The van der Waals surface area contributed by atoms with Crippen LogP contribution in [0.15, 0.2) is 60.8 Å². The Morgan fingerprint density at radius 2 is 1.96 bits per heavy atom. The van der Waals surface area contributed by atoms with Gasteiger partial charge < -0.3 is 10.2 Å². The van der Waals surface area contributed by atoms with E-state index in [1.165, 1.54) is 17.7 Å². The van der Waals surface area contributed by atoms with Crippen molar-refractivity contribution in [2.24, 2.45) is 0 Å². The van der Waals surface area contributed by atoms with E-state index in [0.717, 1.165) is 17.7 Å². The Balaban J connectivity index is 1.52. The molecule has 4 rings (SSSR count). The number of para-hydroxylation sites is 1. The lowest BCUT2D eigenvalue weighted by atomic mass is 10.1. The minimum Gasteiger partial charge on any atom is -0.347 e. The summed E-state index contributed by atoms with van der Waals surface area (Å²) in [6.07, 6.45) is 2.52. The number of carbonyl (C=O) groups excluding carboxylic acids is 1. The molecular weight excluding hydrogens is 343 g/mol. The van der Waals surface area contributed by atoms with Crippen LogP contribution >= 0.6 is 0 Å². The monoisotopic (exact) mass is 362 g/mol. The number of fused-ring (bicyclic) bond motifs is 1. The van der Waals surface area contributed by atoms with Crippen molar-refractivity contribution in [2.75, 3.05) is 4.90 Å². The molecule has 1 aliphatic heterocycles. The Kier molecular flexibility index (Phi) is 4.54. The van der Waals surface area contributed by atoms with Crippen LogP contribution in [0.5, 0.6) is 0 Å². The summed E-state index contributed by atoms with van der Waals surface area (Å²) in [4.78, 5) is 23.4. The number of benzene rings is 2. The predicted molar refractivity (Wildman–Crippen MR) is 101 cm³/mol. The Labute approximate surface area is 156 Å². The molecule has 3 aromatic rings. The number of anilines is 2. The number of nitrogens with zero attached hydrogens (tertiary/aromatic N) is 3. The number of amides is 1. The molecule has 2 heterocycles. The summed E-state index contributed by atoms with van der Waals surface area (Å²) in [7, 11) is 0. The number of hydrogen-bond donors (Lipinski definition) is 1. The van der Waals surface area contributed by atoms with Crippen LogP contribution in [0.3, 0.4) is 0 Å². The molecule has 0 spiro atoms. The summed E-state index contributed by atoms with van der Waals surface area (Å²) in [6.45, 7) is 2.42. The van der Waals surface area contributed by atoms with Crippen molar-refractivity contribution in [3.63, 3.8) is 0 Å². The maximum absolute atomic E-state index is 13.0. The fraction of sp³-hybridized carbons (Fsp3) is 0.190. The van der Waals surface area contributed by atoms with Gasteiger partial charge in [0, 0.05) is 24.5 Å². The normalized spacial score (nSPS) is 15.5. The second kappa shape index (κ2) is 7.15. The topological polar surface area (TPSA) is 58.1 Å². The third kappa shape index (κ3) is 3.51. The Hall–Kier alpha value is -3.28. The molecule has 1 amide bonds. The zero-order chi connectivity index (χ0) is 18.8. The molecule has 1 atom stereocenters. The second-order valence-electron chi connectivity index (χ2n) is 6.60. The van der Waals surface area contributed by atoms with Crippen molar-refractivity contribution < 1.29 is 9.18 Å². The fourth-order valence-electron chi connectivity index (χ4n) is 3.34. The number of aromatic nitrogens is 2. The van der Waals surface area contributed by atoms with Gasteiger partial charge in [-0.25, -0.2) is 14.4 Å². The predicted octanol–water partition coefficient (Wildman–Crippen LogP) is 3.63. The maximum atomic E-state index is 13.0. The first-order chi connectivity index (χ1) is 13.1. The summed E-state index contributed by atoms with van der Waals surface area (Å²) in [6, 6.07) is 16.0. The van der Waals surface area contributed by atoms with Crippen LogP contribution < -0.4 is 10.2 Å². The molecule has 0 fully saturated rings. The van der Waals surface area contributed by atoms with Gasteiger partial charge in [-0.3, -0.25) is 4.79 Å². The number of nitrogens with one attached hydrogen (secondary N) is 1. The van der Waals surface area contributed by atoms with Crippen molar-refractivity contribution in [3.8, 4) is 0 Å². The van der Waals surface area contributed by atoms with E-state index in [9.17, 15) is 9.18 Å². The Morgan fingerprint density at radius 1 is 1.19 bits per heavy atom. The number of hydrogen-bond acceptors (Lipinski definition) is 4. The lowest BCUT2D eigenvalue weighted by Gasteiger charge is -2.22. The lowest BCUT2D eigenvalue weighted by molar-refractivity contribution is 0.0946. The van der Waals surface area contributed by atoms with Crippen LogP contribution in [0.4, 0.5) is 16.0 Å². The van der Waals surface area contributed by atoms with Gasteiger partial charge in [0.2, 0.25) is 5.95 Å². The molecule has 0 saturated carbocycles. The van der Waals surface area contributed by atoms with Gasteiger partial charge in [-0.15, -0.1) is 0 Å². The van der Waals surface area contributed by atoms with Crippen LogP contribution in [0.25, 0.3) is 0 Å². The van der Waals surface area contributed by atoms with Crippen LogP contribution in [0, 0.1) is 5.82 Å². The highest BCUT2D eigenvalue weighted by atomic mass is 19.1. The Morgan fingerprint density at radius 3 is 2.78 bits per heavy atom. The number of halogens is 1. The van der Waals surface area contributed by atoms with Gasteiger partial charge in [0.25, 0.3) is 5.91 Å². The summed E-state index contributed by atoms with van der Waals surface area (Å²) < 4.78 is 13.0. The molecular formula is C21H19FN4O. The highest BCUT2D eigenvalue weighted by molar-refractivity contribution is 5.92. The zero-order valence-electron chi connectivity index (χ0n) is 14.9. The van der Waals surface area contributed by atoms with E-state index in [0.29, 0.717) is 18.2 Å². The lowest BCUT2D eigenvalue weighted by Crippen LogP contribution is -2.28. The molecule has 1 unspecified atom stereocenters. The molecule has 27 heavy (non-hydrogen) atoms. The van der Waals surface area contributed by atoms with Gasteiger partial charge in [-0.2, -0.15) is 0 Å². The van der Waals surface area contributed by atoms with Gasteiger partial charge in [0.05, 0.1) is 0 Å². The molecule has 0 radical (unpaired) electrons. The third-order valence-electron chi connectivity index (χ3n) is 4.66. The molecule has 1 N–H and O–H groups in total. The number of rotatable bonds is 4. The van der Waals surface area contributed by atoms with E-state index in [-0.39, 0.29) is 17.8 Å². The highest BCUT2D eigenvalue weighted by Gasteiger charge is 2.29. The zero-order valence-corrected chi connectivity index (χ0v) is 14.9. The van der Waals surface area contributed by atoms with E-state index in [1.54, 1.807) is 24.4 Å². The SMILES string of the molecule is CC1Cc2ccccc2N1c1nccc(C(=O)NCc2ccc(F)cc2)n1. The molecule has 2 aromatic carbocycles. The molecule has 1 aromatic heterocycles. The standard InChI is InChI=1S/C21H19FN4O/c1-14-12-16-4-2-3-5-19(16)26(14)21-23-11-10-18(25-21)20(27)24-13-15-6-8-17(22)9-7-15/h2-11,14H,12-13H2,1H3,(H,24,27). The Bertz CT molecular complexity index is 974. The largest absolute Gasteiger partial charge is 0.347 e. The summed E-state index contributed by atoms with van der Waals surface area (Å²) in [5.74, 6) is -0.0736. The van der Waals surface area contributed by atoms with Crippen molar-refractivity contribution in [2.45, 2.75) is 25.9 Å². The average Bonchev–Trinajstić information content (AvgIpc) is 3.03. The number of carbonyl (C=O) groups is 1. The van der Waals surface area contributed by atoms with Gasteiger partial charge in [0.15, 0.2) is 0 Å². The van der Waals surface area contributed by atoms with E-state index in [1.807, 2.05) is 18.2 Å². The minimum atomic E-state index is -0.300. The maximum Gasteiger partial charge on any atom is 0.270 e. The summed E-state index contributed by atoms with van der Waals surface area (Å²) >= 11 is 0. The van der Waals surface area contributed by atoms with E-state index >= 15 is 0 Å². The first-order valence-corrected chi connectivity index (χ1v) is 8.84. The molecule has 0 bridgehead atoms. The van der Waals surface area contributed by atoms with E-state index in [4.69, 9.17) is 0 Å². The van der Waals surface area contributed by atoms with Crippen molar-refractivity contribution in [3.05, 3.63) is 83.4 Å². The quantitative estimate of drug-likeness (QED) is 0.770. The van der Waals surface area contributed by atoms with E-state index < -0.39 is 0 Å². The molecule has 6 heteroatoms. The van der Waals surface area contributed by atoms with Crippen molar-refractivity contribution >= 4 is 17.5 Å². The highest BCUT2D eigenvalue weighted by Crippen LogP contribution is 2.36. The summed E-state index contributed by atoms with van der Waals surface area (Å²) in [5.41, 5.74) is 3.45. The fourth-order valence-corrected chi connectivity index (χ4v) is 3.34. The van der Waals surface area contributed by atoms with Crippen LogP contribution in [0.1, 0.15) is 28.5 Å². The van der Waals surface area contributed by atoms with Crippen molar-refractivity contribution in [1.29, 1.82) is 0 Å². The molecule has 0 aliphatic carbocycles. The minimum absolute atomic E-state index is 0.222. The second-order valence-corrected chi connectivity index (χ2v) is 6.60. The van der Waals surface area contributed by atoms with Gasteiger partial charge in [0.1, 0.15) is 11.5 Å². The molecule has 136 valence electrons. The van der Waals surface area contributed by atoms with E-state index in [2.05, 4.69) is 33.2 Å². The average molecular weight is 362 g/mol. The first-order valence-electron chi connectivity index (χ1n) is 8.84. The third-order valence-corrected chi connectivity index (χ3v) is 4.66. The smallest absolute Gasteiger partial charge is 0.270 e. The van der Waals surface area contributed by atoms with Crippen LogP contribution in [-0.2, 0) is 13.0 Å². The first kappa shape index (κ1) is 17.1. The van der Waals surface area contributed by atoms with Gasteiger partial charge in [-0.05, 0) is 48.7 Å². The molecule has 0 saturated heterocycles. The van der Waals surface area contributed by atoms with Gasteiger partial charge >= 0.3 is 0 Å². The van der Waals surface area contributed by atoms with Gasteiger partial charge in [-0.1, -0.05) is 30.3 Å². The van der Waals surface area contributed by atoms with Crippen molar-refractivity contribution in [1.82, 2.24) is 15.3 Å². The molecule has 5 nitrogen and oxygen atoms in total. The molecule has 1 aliphatic rings. The van der Waals surface area contributed by atoms with Crippen LogP contribution in [-0.4, -0.2) is 21.9 Å².